The molecule has 14 heavy (non-hydrogen) atoms. The van der Waals surface area contributed by atoms with Gasteiger partial charge in [-0.05, 0) is 19.3 Å². The standard InChI is InChI=1S/C10H16N2O2/c1-5-6(2)9-8(10(13)14)7(3)11-12(9)4/h6H,5H2,1-4H3,(H,13,14). The molecule has 1 N–H and O–H groups in total. The fourth-order valence-corrected chi connectivity index (χ4v) is 1.70. The van der Waals surface area contributed by atoms with Crippen LogP contribution >= 0.6 is 0 Å². The molecule has 0 radical (unpaired) electrons. The second-order valence-electron chi connectivity index (χ2n) is 3.58. The van der Waals surface area contributed by atoms with E-state index in [-0.39, 0.29) is 5.92 Å². The predicted octanol–water partition coefficient (Wildman–Crippen LogP) is 1.94. The van der Waals surface area contributed by atoms with Crippen molar-refractivity contribution in [1.82, 2.24) is 9.78 Å². The van der Waals surface area contributed by atoms with Gasteiger partial charge in [-0.25, -0.2) is 4.79 Å². The first-order valence-corrected chi connectivity index (χ1v) is 4.75. The number of nitrogens with zero attached hydrogens (tertiary/aromatic N) is 2. The molecule has 0 bridgehead atoms. The summed E-state index contributed by atoms with van der Waals surface area (Å²) in [6.45, 7) is 5.79. The summed E-state index contributed by atoms with van der Waals surface area (Å²) < 4.78 is 1.67. The number of carboxylic acid groups (broad SMARTS) is 1. The summed E-state index contributed by atoms with van der Waals surface area (Å²) in [7, 11) is 1.79. The van der Waals surface area contributed by atoms with Gasteiger partial charge < -0.3 is 5.11 Å². The number of aryl methyl sites for hydroxylation is 2. The smallest absolute Gasteiger partial charge is 0.339 e. The molecule has 0 aliphatic heterocycles. The summed E-state index contributed by atoms with van der Waals surface area (Å²) in [4.78, 5) is 11.0. The highest BCUT2D eigenvalue weighted by molar-refractivity contribution is 5.90. The maximum Gasteiger partial charge on any atom is 0.339 e. The molecule has 1 atom stereocenters. The Labute approximate surface area is 83.5 Å². The number of carbonyl (C=O) groups is 1. The van der Waals surface area contributed by atoms with Gasteiger partial charge >= 0.3 is 5.97 Å². The first kappa shape index (κ1) is 10.8. The van der Waals surface area contributed by atoms with Crippen molar-refractivity contribution in [3.8, 4) is 0 Å². The molecular formula is C10H16N2O2. The van der Waals surface area contributed by atoms with Crippen molar-refractivity contribution >= 4 is 5.97 Å². The highest BCUT2D eigenvalue weighted by atomic mass is 16.4. The molecule has 0 aromatic carbocycles. The summed E-state index contributed by atoms with van der Waals surface area (Å²) in [6.07, 6.45) is 0.916. The topological polar surface area (TPSA) is 55.1 Å². The second-order valence-corrected chi connectivity index (χ2v) is 3.58. The SMILES string of the molecule is CCC(C)c1c(C(=O)O)c(C)nn1C. The van der Waals surface area contributed by atoms with Gasteiger partial charge in [0, 0.05) is 7.05 Å². The van der Waals surface area contributed by atoms with Crippen molar-refractivity contribution < 1.29 is 9.90 Å². The van der Waals surface area contributed by atoms with Gasteiger partial charge in [0.05, 0.1) is 11.4 Å². The van der Waals surface area contributed by atoms with Crippen LogP contribution in [0.15, 0.2) is 0 Å². The molecule has 0 fully saturated rings. The maximum atomic E-state index is 11.0. The van der Waals surface area contributed by atoms with Gasteiger partial charge in [0.25, 0.3) is 0 Å². The summed E-state index contributed by atoms with van der Waals surface area (Å²) in [5.41, 5.74) is 1.77. The Morgan fingerprint density at radius 1 is 1.64 bits per heavy atom. The van der Waals surface area contributed by atoms with Crippen molar-refractivity contribution in [2.45, 2.75) is 33.1 Å². The monoisotopic (exact) mass is 196 g/mol. The van der Waals surface area contributed by atoms with Crippen molar-refractivity contribution in [3.05, 3.63) is 17.0 Å². The maximum absolute atomic E-state index is 11.0. The summed E-state index contributed by atoms with van der Waals surface area (Å²) in [5, 5.41) is 13.2. The minimum atomic E-state index is -0.883. The number of carboxylic acids is 1. The van der Waals surface area contributed by atoms with E-state index in [1.54, 1.807) is 18.7 Å². The van der Waals surface area contributed by atoms with Crippen LogP contribution in [0.2, 0.25) is 0 Å². The Kier molecular flexibility index (Phi) is 2.93. The van der Waals surface area contributed by atoms with E-state index >= 15 is 0 Å². The van der Waals surface area contributed by atoms with Crippen molar-refractivity contribution in [2.24, 2.45) is 7.05 Å². The van der Waals surface area contributed by atoms with E-state index in [4.69, 9.17) is 5.11 Å². The van der Waals surface area contributed by atoms with E-state index < -0.39 is 5.97 Å². The average molecular weight is 196 g/mol. The van der Waals surface area contributed by atoms with Crippen LogP contribution in [0, 0.1) is 6.92 Å². The van der Waals surface area contributed by atoms with Gasteiger partial charge in [0.15, 0.2) is 0 Å². The predicted molar refractivity (Wildman–Crippen MR) is 53.6 cm³/mol. The van der Waals surface area contributed by atoms with Gasteiger partial charge in [-0.2, -0.15) is 5.10 Å². The lowest BCUT2D eigenvalue weighted by Crippen LogP contribution is -2.08. The quantitative estimate of drug-likeness (QED) is 0.803. The Bertz CT molecular complexity index is 355. The normalized spacial score (nSPS) is 12.9. The third kappa shape index (κ3) is 1.64. The fourth-order valence-electron chi connectivity index (χ4n) is 1.70. The van der Waals surface area contributed by atoms with E-state index in [1.807, 2.05) is 13.8 Å². The molecule has 0 amide bonds. The van der Waals surface area contributed by atoms with E-state index in [1.165, 1.54) is 0 Å². The van der Waals surface area contributed by atoms with Gasteiger partial charge in [-0.15, -0.1) is 0 Å². The minimum Gasteiger partial charge on any atom is -0.478 e. The molecule has 0 spiro atoms. The van der Waals surface area contributed by atoms with Crippen LogP contribution in [0.4, 0.5) is 0 Å². The van der Waals surface area contributed by atoms with Gasteiger partial charge in [-0.1, -0.05) is 13.8 Å². The largest absolute Gasteiger partial charge is 0.478 e. The average Bonchev–Trinajstić information content (AvgIpc) is 2.39. The van der Waals surface area contributed by atoms with E-state index in [0.717, 1.165) is 12.1 Å². The summed E-state index contributed by atoms with van der Waals surface area (Å²) in [5.74, 6) is -0.654. The van der Waals surface area contributed by atoms with Crippen LogP contribution < -0.4 is 0 Å². The molecule has 0 aliphatic rings. The highest BCUT2D eigenvalue weighted by Crippen LogP contribution is 2.24. The molecule has 0 aliphatic carbocycles. The third-order valence-corrected chi connectivity index (χ3v) is 2.56. The molecular weight excluding hydrogens is 180 g/mol. The third-order valence-electron chi connectivity index (χ3n) is 2.56. The lowest BCUT2D eigenvalue weighted by molar-refractivity contribution is 0.0694. The Hall–Kier alpha value is -1.32. The molecule has 4 nitrogen and oxygen atoms in total. The van der Waals surface area contributed by atoms with E-state index in [0.29, 0.717) is 11.3 Å². The zero-order valence-electron chi connectivity index (χ0n) is 9.03. The first-order chi connectivity index (χ1) is 6.49. The summed E-state index contributed by atoms with van der Waals surface area (Å²) in [6, 6.07) is 0. The van der Waals surface area contributed by atoms with E-state index in [9.17, 15) is 4.79 Å². The highest BCUT2D eigenvalue weighted by Gasteiger charge is 2.22. The Balaban J connectivity index is 3.32. The molecule has 1 aromatic heterocycles. The molecule has 0 saturated carbocycles. The Morgan fingerprint density at radius 3 is 2.64 bits per heavy atom. The minimum absolute atomic E-state index is 0.229. The molecule has 4 heteroatoms. The molecule has 1 heterocycles. The molecule has 0 saturated heterocycles. The summed E-state index contributed by atoms with van der Waals surface area (Å²) >= 11 is 0. The Morgan fingerprint density at radius 2 is 2.21 bits per heavy atom. The zero-order chi connectivity index (χ0) is 10.9. The molecule has 1 unspecified atom stereocenters. The number of rotatable bonds is 3. The van der Waals surface area contributed by atoms with Crippen molar-refractivity contribution in [1.29, 1.82) is 0 Å². The number of hydrogen-bond acceptors (Lipinski definition) is 2. The zero-order valence-corrected chi connectivity index (χ0v) is 9.03. The molecule has 1 aromatic rings. The van der Waals surface area contributed by atoms with Crippen LogP contribution in [0.25, 0.3) is 0 Å². The lowest BCUT2D eigenvalue weighted by atomic mass is 10.00. The van der Waals surface area contributed by atoms with Crippen molar-refractivity contribution in [2.75, 3.05) is 0 Å². The lowest BCUT2D eigenvalue weighted by Gasteiger charge is -2.10. The number of aromatic nitrogens is 2. The number of aromatic carboxylic acids is 1. The van der Waals surface area contributed by atoms with E-state index in [2.05, 4.69) is 5.10 Å². The van der Waals surface area contributed by atoms with Gasteiger partial charge in [0.2, 0.25) is 0 Å². The van der Waals surface area contributed by atoms with Crippen LogP contribution in [0.5, 0.6) is 0 Å². The van der Waals surface area contributed by atoms with Gasteiger partial charge in [-0.3, -0.25) is 4.68 Å². The first-order valence-electron chi connectivity index (χ1n) is 4.75. The van der Waals surface area contributed by atoms with Crippen LogP contribution in [-0.4, -0.2) is 20.9 Å². The fraction of sp³-hybridized carbons (Fsp3) is 0.600. The molecule has 1 rings (SSSR count). The van der Waals surface area contributed by atoms with Crippen LogP contribution in [-0.2, 0) is 7.05 Å². The van der Waals surface area contributed by atoms with Crippen LogP contribution in [0.1, 0.15) is 47.9 Å². The second kappa shape index (κ2) is 3.82. The van der Waals surface area contributed by atoms with Gasteiger partial charge in [0.1, 0.15) is 5.56 Å². The van der Waals surface area contributed by atoms with Crippen molar-refractivity contribution in [3.63, 3.8) is 0 Å². The molecule has 78 valence electrons. The number of hydrogen-bond donors (Lipinski definition) is 1. The van der Waals surface area contributed by atoms with Crippen LogP contribution in [0.3, 0.4) is 0 Å².